The first kappa shape index (κ1) is 17.5. The van der Waals surface area contributed by atoms with E-state index in [2.05, 4.69) is 5.32 Å². The highest BCUT2D eigenvalue weighted by molar-refractivity contribution is 5.86. The van der Waals surface area contributed by atoms with Gasteiger partial charge in [0, 0.05) is 19.0 Å². The predicted molar refractivity (Wildman–Crippen MR) is 78.5 cm³/mol. The molecule has 6 heteroatoms. The molecule has 0 aromatic carbocycles. The summed E-state index contributed by atoms with van der Waals surface area (Å²) >= 11 is 0. The predicted octanol–water partition coefficient (Wildman–Crippen LogP) is 1.11. The molecule has 2 amide bonds. The summed E-state index contributed by atoms with van der Waals surface area (Å²) in [7, 11) is 0. The van der Waals surface area contributed by atoms with Gasteiger partial charge in [0.1, 0.15) is 6.04 Å². The zero-order valence-electron chi connectivity index (χ0n) is 13.3. The number of aliphatic carboxylic acids is 1. The Morgan fingerprint density at radius 2 is 1.81 bits per heavy atom. The van der Waals surface area contributed by atoms with Crippen molar-refractivity contribution in [3.05, 3.63) is 0 Å². The number of rotatable bonds is 5. The minimum Gasteiger partial charge on any atom is -0.480 e. The second kappa shape index (κ2) is 7.43. The number of hydrogen-bond acceptors (Lipinski definition) is 3. The fourth-order valence-corrected chi connectivity index (χ4v) is 2.54. The highest BCUT2D eigenvalue weighted by Crippen LogP contribution is 2.19. The molecule has 0 bridgehead atoms. The molecule has 1 heterocycles. The zero-order chi connectivity index (χ0) is 16.2. The lowest BCUT2D eigenvalue weighted by molar-refractivity contribution is -0.145. The molecule has 0 aliphatic carbocycles. The summed E-state index contributed by atoms with van der Waals surface area (Å²) in [5, 5.41) is 11.7. The van der Waals surface area contributed by atoms with Gasteiger partial charge in [0.2, 0.25) is 11.8 Å². The summed E-state index contributed by atoms with van der Waals surface area (Å²) in [6, 6.07) is -0.881. The Morgan fingerprint density at radius 1 is 1.19 bits per heavy atom. The van der Waals surface area contributed by atoms with E-state index in [0.29, 0.717) is 19.5 Å². The van der Waals surface area contributed by atoms with Crippen molar-refractivity contribution >= 4 is 17.8 Å². The topological polar surface area (TPSA) is 86.7 Å². The fourth-order valence-electron chi connectivity index (χ4n) is 2.54. The molecule has 0 saturated carbocycles. The molecule has 1 fully saturated rings. The first-order chi connectivity index (χ1) is 9.73. The maximum absolute atomic E-state index is 12.2. The van der Waals surface area contributed by atoms with Crippen LogP contribution in [0.15, 0.2) is 0 Å². The number of likely N-dealkylation sites (tertiary alicyclic amines) is 1. The standard InChI is InChI=1S/C15H26N2O4/c1-9(2)12(15(20)21)16-13(18)11-6-5-7-17(8-11)14(19)10(3)4/h9-12H,5-8H2,1-4H3,(H,16,18)(H,20,21)/t11?,12-/m1/s1. The smallest absolute Gasteiger partial charge is 0.326 e. The summed E-state index contributed by atoms with van der Waals surface area (Å²) in [4.78, 5) is 37.1. The lowest BCUT2D eigenvalue weighted by atomic mass is 9.95. The lowest BCUT2D eigenvalue weighted by Gasteiger charge is -2.34. The van der Waals surface area contributed by atoms with Gasteiger partial charge in [-0.15, -0.1) is 0 Å². The molecule has 1 unspecified atom stereocenters. The number of carboxylic acid groups (broad SMARTS) is 1. The lowest BCUT2D eigenvalue weighted by Crippen LogP contribution is -2.51. The van der Waals surface area contributed by atoms with Crippen molar-refractivity contribution in [1.82, 2.24) is 10.2 Å². The van der Waals surface area contributed by atoms with Gasteiger partial charge in [-0.1, -0.05) is 27.7 Å². The highest BCUT2D eigenvalue weighted by Gasteiger charge is 2.32. The Bertz CT molecular complexity index is 406. The van der Waals surface area contributed by atoms with E-state index in [-0.39, 0.29) is 29.6 Å². The van der Waals surface area contributed by atoms with E-state index in [1.165, 1.54) is 0 Å². The summed E-state index contributed by atoms with van der Waals surface area (Å²) in [6.07, 6.45) is 1.47. The highest BCUT2D eigenvalue weighted by atomic mass is 16.4. The van der Waals surface area contributed by atoms with Gasteiger partial charge in [0.05, 0.1) is 5.92 Å². The van der Waals surface area contributed by atoms with Crippen molar-refractivity contribution in [2.75, 3.05) is 13.1 Å². The van der Waals surface area contributed by atoms with Crippen molar-refractivity contribution in [2.45, 2.75) is 46.6 Å². The molecule has 2 N–H and O–H groups in total. The average molecular weight is 298 g/mol. The third-order valence-corrected chi connectivity index (χ3v) is 3.83. The minimum absolute atomic E-state index is 0.0474. The van der Waals surface area contributed by atoms with E-state index < -0.39 is 12.0 Å². The molecule has 0 spiro atoms. The number of piperidine rings is 1. The van der Waals surface area contributed by atoms with Crippen LogP contribution in [0.25, 0.3) is 0 Å². The van der Waals surface area contributed by atoms with Crippen LogP contribution in [0.5, 0.6) is 0 Å². The van der Waals surface area contributed by atoms with Gasteiger partial charge in [0.25, 0.3) is 0 Å². The number of nitrogens with one attached hydrogen (secondary N) is 1. The van der Waals surface area contributed by atoms with Gasteiger partial charge in [-0.05, 0) is 18.8 Å². The molecule has 2 atom stereocenters. The van der Waals surface area contributed by atoms with Crippen LogP contribution in [-0.4, -0.2) is 46.9 Å². The molecule has 21 heavy (non-hydrogen) atoms. The van der Waals surface area contributed by atoms with Crippen LogP contribution in [-0.2, 0) is 14.4 Å². The number of amides is 2. The van der Waals surface area contributed by atoms with E-state index in [9.17, 15) is 14.4 Å². The quantitative estimate of drug-likeness (QED) is 0.796. The van der Waals surface area contributed by atoms with Crippen LogP contribution < -0.4 is 5.32 Å². The second-order valence-electron chi connectivity index (χ2n) is 6.35. The summed E-state index contributed by atoms with van der Waals surface area (Å²) in [5.41, 5.74) is 0. The van der Waals surface area contributed by atoms with E-state index in [4.69, 9.17) is 5.11 Å². The molecule has 6 nitrogen and oxygen atoms in total. The Hall–Kier alpha value is -1.59. The summed E-state index contributed by atoms with van der Waals surface area (Å²) < 4.78 is 0. The van der Waals surface area contributed by atoms with Crippen LogP contribution in [0.1, 0.15) is 40.5 Å². The minimum atomic E-state index is -1.02. The van der Waals surface area contributed by atoms with Crippen LogP contribution in [0.4, 0.5) is 0 Å². The van der Waals surface area contributed by atoms with Crippen LogP contribution >= 0.6 is 0 Å². The van der Waals surface area contributed by atoms with Crippen molar-refractivity contribution in [1.29, 1.82) is 0 Å². The SMILES string of the molecule is CC(C)C(=O)N1CCCC(C(=O)N[C@@H](C(=O)O)C(C)C)C1. The first-order valence-electron chi connectivity index (χ1n) is 7.56. The van der Waals surface area contributed by atoms with Gasteiger partial charge >= 0.3 is 5.97 Å². The van der Waals surface area contributed by atoms with Crippen molar-refractivity contribution in [3.8, 4) is 0 Å². The monoisotopic (exact) mass is 298 g/mol. The van der Waals surface area contributed by atoms with Crippen molar-refractivity contribution in [3.63, 3.8) is 0 Å². The molecular formula is C15H26N2O4. The Morgan fingerprint density at radius 3 is 2.29 bits per heavy atom. The largest absolute Gasteiger partial charge is 0.480 e. The molecule has 120 valence electrons. The molecule has 1 aliphatic rings. The average Bonchev–Trinajstić information content (AvgIpc) is 2.42. The van der Waals surface area contributed by atoms with Crippen LogP contribution in [0.2, 0.25) is 0 Å². The molecule has 1 rings (SSSR count). The fraction of sp³-hybridized carbons (Fsp3) is 0.800. The van der Waals surface area contributed by atoms with Gasteiger partial charge in [-0.25, -0.2) is 4.79 Å². The number of hydrogen-bond donors (Lipinski definition) is 2. The number of nitrogens with zero attached hydrogens (tertiary/aromatic N) is 1. The first-order valence-corrected chi connectivity index (χ1v) is 7.56. The molecule has 0 aromatic heterocycles. The normalized spacial score (nSPS) is 20.5. The van der Waals surface area contributed by atoms with Crippen LogP contribution in [0.3, 0.4) is 0 Å². The van der Waals surface area contributed by atoms with Crippen molar-refractivity contribution < 1.29 is 19.5 Å². The molecule has 1 saturated heterocycles. The molecule has 0 aromatic rings. The van der Waals surface area contributed by atoms with E-state index in [1.807, 2.05) is 13.8 Å². The van der Waals surface area contributed by atoms with E-state index in [0.717, 1.165) is 6.42 Å². The second-order valence-corrected chi connectivity index (χ2v) is 6.35. The van der Waals surface area contributed by atoms with Gasteiger partial charge in [0.15, 0.2) is 0 Å². The third-order valence-electron chi connectivity index (χ3n) is 3.83. The Balaban J connectivity index is 2.65. The maximum atomic E-state index is 12.2. The molecule has 0 radical (unpaired) electrons. The van der Waals surface area contributed by atoms with E-state index in [1.54, 1.807) is 18.7 Å². The number of carbonyl (C=O) groups is 3. The maximum Gasteiger partial charge on any atom is 0.326 e. The van der Waals surface area contributed by atoms with Gasteiger partial charge in [-0.2, -0.15) is 0 Å². The third kappa shape index (κ3) is 4.72. The zero-order valence-corrected chi connectivity index (χ0v) is 13.3. The van der Waals surface area contributed by atoms with Gasteiger partial charge < -0.3 is 15.3 Å². The van der Waals surface area contributed by atoms with Gasteiger partial charge in [-0.3, -0.25) is 9.59 Å². The van der Waals surface area contributed by atoms with E-state index >= 15 is 0 Å². The Kier molecular flexibility index (Phi) is 6.18. The Labute approximate surface area is 125 Å². The van der Waals surface area contributed by atoms with Crippen molar-refractivity contribution in [2.24, 2.45) is 17.8 Å². The van der Waals surface area contributed by atoms with Crippen LogP contribution in [0, 0.1) is 17.8 Å². The number of carbonyl (C=O) groups excluding carboxylic acids is 2. The summed E-state index contributed by atoms with van der Waals surface area (Å²) in [5.74, 6) is -1.83. The summed E-state index contributed by atoms with van der Waals surface area (Å²) in [6.45, 7) is 8.25. The number of carboxylic acids is 1. The molecule has 1 aliphatic heterocycles. The molecular weight excluding hydrogens is 272 g/mol.